The Labute approximate surface area is 153 Å². The fourth-order valence-electron chi connectivity index (χ4n) is 2.29. The van der Waals surface area contributed by atoms with Gasteiger partial charge in [-0.15, -0.1) is 0 Å². The molecule has 7 heteroatoms. The molecule has 0 radical (unpaired) electrons. The largest absolute Gasteiger partial charge is 0.452 e. The zero-order valence-electron chi connectivity index (χ0n) is 14.0. The Bertz CT molecular complexity index is 1030. The van der Waals surface area contributed by atoms with Gasteiger partial charge in [0.2, 0.25) is 0 Å². The molecule has 1 amide bonds. The number of hydrogen-bond donors (Lipinski definition) is 1. The molecule has 5 nitrogen and oxygen atoms in total. The maximum absolute atomic E-state index is 13.4. The first-order valence-electron chi connectivity index (χ1n) is 7.97. The van der Waals surface area contributed by atoms with E-state index >= 15 is 0 Å². The quantitative estimate of drug-likeness (QED) is 0.551. The van der Waals surface area contributed by atoms with E-state index in [1.807, 2.05) is 30.3 Å². The van der Waals surface area contributed by atoms with Gasteiger partial charge in [0.25, 0.3) is 5.91 Å². The third-order valence-corrected chi connectivity index (χ3v) is 3.56. The first-order valence-corrected chi connectivity index (χ1v) is 7.97. The highest BCUT2D eigenvalue weighted by Gasteiger charge is 2.10. The molecule has 0 spiro atoms. The normalized spacial score (nSPS) is 10.9. The summed E-state index contributed by atoms with van der Waals surface area (Å²) in [6.07, 6.45) is 2.59. The Morgan fingerprint density at radius 2 is 1.89 bits per heavy atom. The fraction of sp³-hybridized carbons (Fsp3) is 0.0500. The van der Waals surface area contributed by atoms with Gasteiger partial charge in [0, 0.05) is 17.5 Å². The highest BCUT2D eigenvalue weighted by atomic mass is 19.1. The number of esters is 1. The third-order valence-electron chi connectivity index (χ3n) is 3.56. The summed E-state index contributed by atoms with van der Waals surface area (Å²) in [7, 11) is 0. The minimum Gasteiger partial charge on any atom is -0.452 e. The van der Waals surface area contributed by atoms with Crippen molar-refractivity contribution in [3.63, 3.8) is 0 Å². The molecule has 3 aromatic rings. The number of benzene rings is 2. The summed E-state index contributed by atoms with van der Waals surface area (Å²) >= 11 is 0. The molecule has 1 heterocycles. The molecule has 1 N–H and O–H groups in total. The molecule has 0 aliphatic heterocycles. The summed E-state index contributed by atoms with van der Waals surface area (Å²) in [6, 6.07) is 13.8. The number of amides is 1. The summed E-state index contributed by atoms with van der Waals surface area (Å²) in [5.41, 5.74) is 1.01. The van der Waals surface area contributed by atoms with E-state index in [2.05, 4.69) is 10.3 Å². The Hall–Kier alpha value is -3.61. The molecule has 0 fully saturated rings. The molecule has 0 atom stereocenters. The second-order valence-corrected chi connectivity index (χ2v) is 5.54. The van der Waals surface area contributed by atoms with Crippen LogP contribution in [0, 0.1) is 11.6 Å². The van der Waals surface area contributed by atoms with Crippen LogP contribution in [0.4, 0.5) is 14.5 Å². The summed E-state index contributed by atoms with van der Waals surface area (Å²) in [6.45, 7) is -0.635. The van der Waals surface area contributed by atoms with E-state index in [9.17, 15) is 18.4 Å². The lowest BCUT2D eigenvalue weighted by atomic mass is 10.2. The minimum absolute atomic E-state index is 0.327. The summed E-state index contributed by atoms with van der Waals surface area (Å²) < 4.78 is 31.3. The molecule has 0 saturated carbocycles. The lowest BCUT2D eigenvalue weighted by Crippen LogP contribution is -2.20. The van der Waals surface area contributed by atoms with Crippen LogP contribution in [0.5, 0.6) is 0 Å². The van der Waals surface area contributed by atoms with E-state index < -0.39 is 30.1 Å². The number of fused-ring (bicyclic) bond motifs is 1. The molecule has 1 aromatic heterocycles. The lowest BCUT2D eigenvalue weighted by molar-refractivity contribution is -0.142. The van der Waals surface area contributed by atoms with E-state index in [0.717, 1.165) is 35.2 Å². The van der Waals surface area contributed by atoms with Crippen LogP contribution in [0.3, 0.4) is 0 Å². The van der Waals surface area contributed by atoms with Crippen LogP contribution < -0.4 is 5.32 Å². The van der Waals surface area contributed by atoms with E-state index in [-0.39, 0.29) is 5.69 Å². The van der Waals surface area contributed by atoms with Gasteiger partial charge in [-0.1, -0.05) is 24.3 Å². The number of ether oxygens (including phenoxy) is 1. The van der Waals surface area contributed by atoms with Gasteiger partial charge >= 0.3 is 5.97 Å². The number of aromatic nitrogens is 1. The van der Waals surface area contributed by atoms with Gasteiger partial charge in [-0.2, -0.15) is 0 Å². The Balaban J connectivity index is 1.54. The predicted octanol–water partition coefficient (Wildman–Crippen LogP) is 3.71. The van der Waals surface area contributed by atoms with Crippen molar-refractivity contribution < 1.29 is 23.1 Å². The van der Waals surface area contributed by atoms with Crippen molar-refractivity contribution in [3.05, 3.63) is 78.0 Å². The van der Waals surface area contributed by atoms with Crippen LogP contribution in [0.15, 0.2) is 60.7 Å². The maximum Gasteiger partial charge on any atom is 0.331 e. The van der Waals surface area contributed by atoms with Crippen LogP contribution in [-0.2, 0) is 14.3 Å². The number of nitrogens with one attached hydrogen (secondary N) is 1. The fourth-order valence-corrected chi connectivity index (χ4v) is 2.29. The molecule has 2 aromatic carbocycles. The zero-order chi connectivity index (χ0) is 19.2. The first-order chi connectivity index (χ1) is 13.0. The van der Waals surface area contributed by atoms with Crippen LogP contribution in [0.1, 0.15) is 5.69 Å². The SMILES string of the molecule is O=C(COC(=O)/C=C/c1ccc2ccccc2n1)Nc1cc(F)ccc1F. The second-order valence-electron chi connectivity index (χ2n) is 5.54. The number of rotatable bonds is 5. The van der Waals surface area contributed by atoms with E-state index in [1.54, 1.807) is 6.07 Å². The predicted molar refractivity (Wildman–Crippen MR) is 96.7 cm³/mol. The van der Waals surface area contributed by atoms with Crippen LogP contribution in [-0.4, -0.2) is 23.5 Å². The summed E-state index contributed by atoms with van der Waals surface area (Å²) in [5, 5.41) is 3.10. The van der Waals surface area contributed by atoms with E-state index in [1.165, 1.54) is 6.08 Å². The highest BCUT2D eigenvalue weighted by molar-refractivity contribution is 5.94. The van der Waals surface area contributed by atoms with Gasteiger partial charge in [-0.25, -0.2) is 18.6 Å². The van der Waals surface area contributed by atoms with Crippen molar-refractivity contribution in [2.45, 2.75) is 0 Å². The monoisotopic (exact) mass is 368 g/mol. The van der Waals surface area contributed by atoms with Gasteiger partial charge in [0.1, 0.15) is 11.6 Å². The average Bonchev–Trinajstić information content (AvgIpc) is 2.67. The molecule has 0 bridgehead atoms. The van der Waals surface area contributed by atoms with Crippen LogP contribution >= 0.6 is 0 Å². The summed E-state index contributed by atoms with van der Waals surface area (Å²) in [4.78, 5) is 27.8. The zero-order valence-corrected chi connectivity index (χ0v) is 14.0. The highest BCUT2D eigenvalue weighted by Crippen LogP contribution is 2.15. The average molecular weight is 368 g/mol. The Morgan fingerprint density at radius 3 is 2.74 bits per heavy atom. The topological polar surface area (TPSA) is 68.3 Å². The number of pyridine rings is 1. The maximum atomic E-state index is 13.4. The van der Waals surface area contributed by atoms with E-state index in [4.69, 9.17) is 4.74 Å². The van der Waals surface area contributed by atoms with Crippen molar-refractivity contribution >= 4 is 34.5 Å². The molecule has 0 unspecified atom stereocenters. The molecule has 27 heavy (non-hydrogen) atoms. The van der Waals surface area contributed by atoms with Gasteiger partial charge in [-0.3, -0.25) is 4.79 Å². The van der Waals surface area contributed by atoms with Crippen molar-refractivity contribution in [3.8, 4) is 0 Å². The number of halogens is 2. The Kier molecular flexibility index (Phi) is 5.51. The molecule has 136 valence electrons. The van der Waals surface area contributed by atoms with Crippen molar-refractivity contribution in [1.82, 2.24) is 4.98 Å². The number of anilines is 1. The number of carbonyl (C=O) groups excluding carboxylic acids is 2. The molecular weight excluding hydrogens is 354 g/mol. The van der Waals surface area contributed by atoms with Crippen molar-refractivity contribution in [2.75, 3.05) is 11.9 Å². The van der Waals surface area contributed by atoms with Gasteiger partial charge in [0.15, 0.2) is 6.61 Å². The molecule has 0 aliphatic carbocycles. The number of carbonyl (C=O) groups is 2. The summed E-state index contributed by atoms with van der Waals surface area (Å²) in [5.74, 6) is -3.04. The number of para-hydroxylation sites is 1. The van der Waals surface area contributed by atoms with Crippen LogP contribution in [0.25, 0.3) is 17.0 Å². The van der Waals surface area contributed by atoms with E-state index in [0.29, 0.717) is 5.69 Å². The molecular formula is C20H14F2N2O3. The van der Waals surface area contributed by atoms with Crippen molar-refractivity contribution in [1.29, 1.82) is 0 Å². The van der Waals surface area contributed by atoms with Crippen molar-refractivity contribution in [2.24, 2.45) is 0 Å². The molecule has 3 rings (SSSR count). The first kappa shape index (κ1) is 18.2. The Morgan fingerprint density at radius 1 is 1.07 bits per heavy atom. The number of hydrogen-bond acceptors (Lipinski definition) is 4. The minimum atomic E-state index is -0.793. The smallest absolute Gasteiger partial charge is 0.331 e. The standard InChI is InChI=1S/C20H14F2N2O3/c21-14-6-9-16(22)18(11-14)24-19(25)12-27-20(26)10-8-15-7-5-13-3-1-2-4-17(13)23-15/h1-11H,12H2,(H,24,25)/b10-8+. The van der Waals surface area contributed by atoms with Gasteiger partial charge in [-0.05, 0) is 30.3 Å². The third kappa shape index (κ3) is 4.94. The molecule has 0 saturated heterocycles. The second kappa shape index (κ2) is 8.18. The molecule has 0 aliphatic rings. The lowest BCUT2D eigenvalue weighted by Gasteiger charge is -2.06. The number of nitrogens with zero attached hydrogens (tertiary/aromatic N) is 1. The van der Waals surface area contributed by atoms with Gasteiger partial charge in [0.05, 0.1) is 16.9 Å². The van der Waals surface area contributed by atoms with Crippen LogP contribution in [0.2, 0.25) is 0 Å². The van der Waals surface area contributed by atoms with Gasteiger partial charge < -0.3 is 10.1 Å².